The van der Waals surface area contributed by atoms with Crippen LogP contribution in [0.1, 0.15) is 42.2 Å². The van der Waals surface area contributed by atoms with Crippen LogP contribution in [-0.4, -0.2) is 72.8 Å². The Bertz CT molecular complexity index is 932. The maximum Gasteiger partial charge on any atom is 0.267 e. The lowest BCUT2D eigenvalue weighted by molar-refractivity contribution is 0.119. The Labute approximate surface area is 181 Å². The molecule has 162 valence electrons. The van der Waals surface area contributed by atoms with E-state index >= 15 is 0 Å². The SMILES string of the molecule is O=c1cc2c(nn1CCN1CCN(Cc3nnc4n3CCCCC4)CC1)CCSC2. The Morgan fingerprint density at radius 1 is 0.933 bits per heavy atom. The minimum atomic E-state index is 0.0439. The second-order valence-electron chi connectivity index (χ2n) is 8.59. The molecule has 9 heteroatoms. The molecule has 2 aromatic heterocycles. The summed E-state index contributed by atoms with van der Waals surface area (Å²) in [6, 6.07) is 1.80. The molecule has 0 atom stereocenters. The maximum atomic E-state index is 12.4. The van der Waals surface area contributed by atoms with E-state index in [1.807, 2.05) is 11.8 Å². The van der Waals surface area contributed by atoms with Gasteiger partial charge >= 0.3 is 0 Å². The van der Waals surface area contributed by atoms with Crippen molar-refractivity contribution in [2.75, 3.05) is 38.5 Å². The normalized spacial score (nSPS) is 20.5. The van der Waals surface area contributed by atoms with Crippen molar-refractivity contribution < 1.29 is 0 Å². The molecule has 0 aliphatic carbocycles. The highest BCUT2D eigenvalue weighted by Crippen LogP contribution is 2.21. The van der Waals surface area contributed by atoms with Crippen LogP contribution in [-0.2, 0) is 38.2 Å². The summed E-state index contributed by atoms with van der Waals surface area (Å²) in [6.45, 7) is 7.64. The lowest BCUT2D eigenvalue weighted by Crippen LogP contribution is -2.47. The van der Waals surface area contributed by atoms with Crippen LogP contribution in [0.2, 0.25) is 0 Å². The number of thioether (sulfide) groups is 1. The molecule has 0 spiro atoms. The van der Waals surface area contributed by atoms with Crippen molar-refractivity contribution in [3.05, 3.63) is 39.3 Å². The first-order chi connectivity index (χ1) is 14.8. The molecule has 0 bridgehead atoms. The molecule has 1 saturated heterocycles. The lowest BCUT2D eigenvalue weighted by atomic mass is 10.2. The molecule has 5 rings (SSSR count). The van der Waals surface area contributed by atoms with Crippen LogP contribution in [0.5, 0.6) is 0 Å². The number of piperazine rings is 1. The van der Waals surface area contributed by atoms with Gasteiger partial charge in [0.1, 0.15) is 11.6 Å². The molecule has 0 saturated carbocycles. The second kappa shape index (κ2) is 9.20. The summed E-state index contributed by atoms with van der Waals surface area (Å²) in [5.41, 5.74) is 2.29. The molecule has 8 nitrogen and oxygen atoms in total. The summed E-state index contributed by atoms with van der Waals surface area (Å²) < 4.78 is 4.03. The zero-order valence-electron chi connectivity index (χ0n) is 17.6. The summed E-state index contributed by atoms with van der Waals surface area (Å²) in [6.07, 6.45) is 5.81. The van der Waals surface area contributed by atoms with Crippen molar-refractivity contribution in [3.8, 4) is 0 Å². The van der Waals surface area contributed by atoms with Crippen LogP contribution >= 0.6 is 11.8 Å². The predicted molar refractivity (Wildman–Crippen MR) is 118 cm³/mol. The van der Waals surface area contributed by atoms with E-state index in [-0.39, 0.29) is 5.56 Å². The third-order valence-corrected chi connectivity index (χ3v) is 7.56. The van der Waals surface area contributed by atoms with Crippen molar-refractivity contribution in [3.63, 3.8) is 0 Å². The van der Waals surface area contributed by atoms with Gasteiger partial charge in [0.15, 0.2) is 0 Å². The van der Waals surface area contributed by atoms with E-state index in [9.17, 15) is 4.79 Å². The first-order valence-corrected chi connectivity index (χ1v) is 12.4. The average molecular weight is 430 g/mol. The highest BCUT2D eigenvalue weighted by atomic mass is 32.2. The molecular weight excluding hydrogens is 398 g/mol. The number of rotatable bonds is 5. The first kappa shape index (κ1) is 20.2. The molecule has 2 aromatic rings. The monoisotopic (exact) mass is 429 g/mol. The van der Waals surface area contributed by atoms with Gasteiger partial charge in [-0.05, 0) is 24.2 Å². The van der Waals surface area contributed by atoms with Crippen molar-refractivity contribution in [1.82, 2.24) is 34.3 Å². The molecule has 0 aromatic carbocycles. The number of hydrogen-bond donors (Lipinski definition) is 0. The first-order valence-electron chi connectivity index (χ1n) is 11.3. The summed E-state index contributed by atoms with van der Waals surface area (Å²) in [5.74, 6) is 4.33. The van der Waals surface area contributed by atoms with Gasteiger partial charge < -0.3 is 4.57 Å². The van der Waals surface area contributed by atoms with Crippen molar-refractivity contribution in [2.24, 2.45) is 0 Å². The number of hydrogen-bond acceptors (Lipinski definition) is 7. The highest BCUT2D eigenvalue weighted by Gasteiger charge is 2.21. The molecular formula is C21H31N7OS. The Morgan fingerprint density at radius 2 is 1.80 bits per heavy atom. The van der Waals surface area contributed by atoms with E-state index in [1.165, 1.54) is 25.1 Å². The van der Waals surface area contributed by atoms with Gasteiger partial charge in [-0.3, -0.25) is 14.6 Å². The molecule has 5 heterocycles. The summed E-state index contributed by atoms with van der Waals surface area (Å²) in [5, 5.41) is 13.6. The Morgan fingerprint density at radius 3 is 2.70 bits per heavy atom. The minimum Gasteiger partial charge on any atom is -0.314 e. The summed E-state index contributed by atoms with van der Waals surface area (Å²) >= 11 is 1.89. The largest absolute Gasteiger partial charge is 0.314 e. The highest BCUT2D eigenvalue weighted by molar-refractivity contribution is 7.98. The number of fused-ring (bicyclic) bond motifs is 2. The molecule has 0 amide bonds. The van der Waals surface area contributed by atoms with Gasteiger partial charge in [-0.25, -0.2) is 4.68 Å². The fourth-order valence-electron chi connectivity index (χ4n) is 4.68. The average Bonchev–Trinajstić information content (AvgIpc) is 2.99. The summed E-state index contributed by atoms with van der Waals surface area (Å²) in [7, 11) is 0. The van der Waals surface area contributed by atoms with Crippen LogP contribution in [0.25, 0.3) is 0 Å². The molecule has 0 N–H and O–H groups in total. The van der Waals surface area contributed by atoms with Crippen molar-refractivity contribution in [1.29, 1.82) is 0 Å². The van der Waals surface area contributed by atoms with E-state index < -0.39 is 0 Å². The molecule has 3 aliphatic rings. The van der Waals surface area contributed by atoms with E-state index in [4.69, 9.17) is 0 Å². The Kier molecular flexibility index (Phi) is 6.19. The number of aryl methyl sites for hydroxylation is 2. The molecule has 0 unspecified atom stereocenters. The van der Waals surface area contributed by atoms with E-state index in [0.29, 0.717) is 6.54 Å². The van der Waals surface area contributed by atoms with Gasteiger partial charge in [-0.15, -0.1) is 10.2 Å². The van der Waals surface area contributed by atoms with E-state index in [2.05, 4.69) is 29.7 Å². The van der Waals surface area contributed by atoms with Crippen LogP contribution in [0.15, 0.2) is 10.9 Å². The topological polar surface area (TPSA) is 72.1 Å². The smallest absolute Gasteiger partial charge is 0.267 e. The van der Waals surface area contributed by atoms with E-state index in [1.54, 1.807) is 10.7 Å². The lowest BCUT2D eigenvalue weighted by Gasteiger charge is -2.34. The van der Waals surface area contributed by atoms with Gasteiger partial charge in [-0.1, -0.05) is 6.42 Å². The second-order valence-corrected chi connectivity index (χ2v) is 9.70. The number of aromatic nitrogens is 5. The fourth-order valence-corrected chi connectivity index (χ4v) is 5.63. The molecule has 1 fully saturated rings. The Balaban J connectivity index is 1.13. The maximum absolute atomic E-state index is 12.4. The van der Waals surface area contributed by atoms with Crippen molar-refractivity contribution >= 4 is 11.8 Å². The third-order valence-electron chi connectivity index (χ3n) is 6.55. The van der Waals surface area contributed by atoms with Gasteiger partial charge in [0.05, 0.1) is 18.8 Å². The predicted octanol–water partition coefficient (Wildman–Crippen LogP) is 1.17. The van der Waals surface area contributed by atoms with Crippen LogP contribution in [0.4, 0.5) is 0 Å². The van der Waals surface area contributed by atoms with Gasteiger partial charge in [0.25, 0.3) is 5.56 Å². The number of nitrogens with zero attached hydrogens (tertiary/aromatic N) is 7. The van der Waals surface area contributed by atoms with Gasteiger partial charge in [0, 0.05) is 63.9 Å². The third kappa shape index (κ3) is 4.48. The molecule has 3 aliphatic heterocycles. The minimum absolute atomic E-state index is 0.0439. The fraction of sp³-hybridized carbons (Fsp3) is 0.714. The standard InChI is InChI=1S/C21H31N7OS/c29-21-14-17-16-30-13-5-18(17)24-28(21)12-11-25-7-9-26(10-8-25)15-20-23-22-19-4-2-1-3-6-27(19)20/h14H,1-13,15-16H2. The quantitative estimate of drug-likeness (QED) is 0.706. The van der Waals surface area contributed by atoms with Crippen molar-refractivity contribution in [2.45, 2.75) is 57.5 Å². The van der Waals surface area contributed by atoms with Crippen LogP contribution < -0.4 is 5.56 Å². The zero-order valence-corrected chi connectivity index (χ0v) is 18.4. The molecule has 0 radical (unpaired) electrons. The van der Waals surface area contributed by atoms with Crippen LogP contribution in [0.3, 0.4) is 0 Å². The summed E-state index contributed by atoms with van der Waals surface area (Å²) in [4.78, 5) is 17.3. The van der Waals surface area contributed by atoms with Gasteiger partial charge in [0.2, 0.25) is 0 Å². The van der Waals surface area contributed by atoms with Crippen LogP contribution in [0, 0.1) is 0 Å². The Hall–Kier alpha value is -1.71. The van der Waals surface area contributed by atoms with E-state index in [0.717, 1.165) is 87.2 Å². The molecule has 30 heavy (non-hydrogen) atoms. The van der Waals surface area contributed by atoms with Gasteiger partial charge in [-0.2, -0.15) is 16.9 Å². The zero-order chi connectivity index (χ0) is 20.3.